The van der Waals surface area contributed by atoms with Gasteiger partial charge in [0, 0.05) is 19.0 Å². The van der Waals surface area contributed by atoms with E-state index in [-0.39, 0.29) is 23.9 Å². The van der Waals surface area contributed by atoms with Crippen LogP contribution in [0.1, 0.15) is 143 Å². The molecule has 0 spiro atoms. The van der Waals surface area contributed by atoms with Crippen molar-refractivity contribution in [1.29, 1.82) is 0 Å². The number of carbonyl (C=O) groups excluding carboxylic acids is 3. The number of amides is 1. The lowest BCUT2D eigenvalue weighted by Crippen LogP contribution is -2.38. The van der Waals surface area contributed by atoms with Gasteiger partial charge in [0.05, 0.1) is 31.0 Å². The van der Waals surface area contributed by atoms with Crippen molar-refractivity contribution in [2.75, 3.05) is 20.3 Å². The third kappa shape index (κ3) is 14.1. The molecule has 0 aromatic heterocycles. The molecule has 0 aliphatic carbocycles. The highest BCUT2D eigenvalue weighted by Crippen LogP contribution is 2.35. The van der Waals surface area contributed by atoms with Crippen LogP contribution in [0.15, 0.2) is 0 Å². The number of rotatable bonds is 24. The minimum Gasteiger partial charge on any atom is -0.481 e. The lowest BCUT2D eigenvalue weighted by molar-refractivity contribution is -0.157. The number of nitrogens with zero attached hydrogens (tertiary/aromatic N) is 1. The van der Waals surface area contributed by atoms with E-state index in [0.717, 1.165) is 25.7 Å². The van der Waals surface area contributed by atoms with E-state index in [2.05, 4.69) is 6.92 Å². The first kappa shape index (κ1) is 36.9. The van der Waals surface area contributed by atoms with Crippen molar-refractivity contribution in [3.05, 3.63) is 0 Å². The normalized spacial score (nSPS) is 17.1. The Labute approximate surface area is 249 Å². The molecule has 0 saturated carbocycles. The van der Waals surface area contributed by atoms with Crippen LogP contribution in [0.4, 0.5) is 0 Å². The molecule has 8 heteroatoms. The second kappa shape index (κ2) is 20.7. The van der Waals surface area contributed by atoms with Crippen molar-refractivity contribution < 1.29 is 33.8 Å². The molecular weight excluding hydrogens is 522 g/mol. The summed E-state index contributed by atoms with van der Waals surface area (Å²) in [7, 11) is 1.37. The van der Waals surface area contributed by atoms with Gasteiger partial charge < -0.3 is 19.5 Å². The van der Waals surface area contributed by atoms with E-state index < -0.39 is 23.2 Å². The largest absolute Gasteiger partial charge is 0.481 e. The molecule has 1 saturated heterocycles. The lowest BCUT2D eigenvalue weighted by atomic mass is 9.77. The van der Waals surface area contributed by atoms with Crippen LogP contribution < -0.4 is 0 Å². The second-order valence-corrected chi connectivity index (χ2v) is 12.4. The van der Waals surface area contributed by atoms with Crippen molar-refractivity contribution >= 4 is 23.8 Å². The predicted octanol–water partition coefficient (Wildman–Crippen LogP) is 7.32. The van der Waals surface area contributed by atoms with Gasteiger partial charge in [-0.2, -0.15) is 0 Å². The summed E-state index contributed by atoms with van der Waals surface area (Å²) >= 11 is 0. The monoisotopic (exact) mass is 581 g/mol. The molecule has 1 heterocycles. The number of ether oxygens (including phenoxy) is 2. The smallest absolute Gasteiger partial charge is 0.311 e. The first-order chi connectivity index (χ1) is 19.6. The molecule has 0 bridgehead atoms. The number of carboxylic acids is 1. The maximum absolute atomic E-state index is 13.3. The summed E-state index contributed by atoms with van der Waals surface area (Å²) < 4.78 is 10.8. The van der Waals surface area contributed by atoms with Gasteiger partial charge in [-0.25, -0.2) is 0 Å². The van der Waals surface area contributed by atoms with E-state index in [9.17, 15) is 24.3 Å². The number of carbonyl (C=O) groups is 4. The average Bonchev–Trinajstić information content (AvgIpc) is 3.39. The first-order valence-electron chi connectivity index (χ1n) is 16.4. The number of unbranched alkanes of at least 4 members (excludes halogenated alkanes) is 9. The molecule has 0 aromatic carbocycles. The summed E-state index contributed by atoms with van der Waals surface area (Å²) in [5.41, 5.74) is -0.813. The zero-order valence-corrected chi connectivity index (χ0v) is 26.7. The summed E-state index contributed by atoms with van der Waals surface area (Å²) in [5, 5.41) is 9.35. The molecule has 1 rings (SSSR count). The van der Waals surface area contributed by atoms with Gasteiger partial charge in [0.1, 0.15) is 0 Å². The van der Waals surface area contributed by atoms with E-state index in [4.69, 9.17) is 9.47 Å². The number of carboxylic acid groups (broad SMARTS) is 1. The van der Waals surface area contributed by atoms with Gasteiger partial charge in [0.2, 0.25) is 5.91 Å². The Morgan fingerprint density at radius 2 is 1.51 bits per heavy atom. The highest BCUT2D eigenvalue weighted by Gasteiger charge is 2.39. The molecular formula is C33H59NO7. The molecule has 0 radical (unpaired) electrons. The van der Waals surface area contributed by atoms with E-state index in [1.165, 1.54) is 52.1 Å². The van der Waals surface area contributed by atoms with E-state index in [0.29, 0.717) is 58.1 Å². The summed E-state index contributed by atoms with van der Waals surface area (Å²) in [4.78, 5) is 51.8. The summed E-state index contributed by atoms with van der Waals surface area (Å²) in [5.74, 6) is -2.39. The quantitative estimate of drug-likeness (QED) is 0.0939. The summed E-state index contributed by atoms with van der Waals surface area (Å²) in [6, 6.07) is -0.130. The fourth-order valence-electron chi connectivity index (χ4n) is 5.82. The third-order valence-electron chi connectivity index (χ3n) is 8.98. The van der Waals surface area contributed by atoms with E-state index in [1.807, 2.05) is 18.7 Å². The molecule has 1 amide bonds. The Bertz CT molecular complexity index is 786. The molecule has 1 N–H and O–H groups in total. The maximum Gasteiger partial charge on any atom is 0.311 e. The second-order valence-electron chi connectivity index (χ2n) is 12.4. The maximum atomic E-state index is 13.3. The first-order valence-corrected chi connectivity index (χ1v) is 16.4. The lowest BCUT2D eigenvalue weighted by Gasteiger charge is -2.32. The fourth-order valence-corrected chi connectivity index (χ4v) is 5.82. The van der Waals surface area contributed by atoms with Crippen LogP contribution in [-0.2, 0) is 28.7 Å². The number of aliphatic carboxylic acids is 1. The van der Waals surface area contributed by atoms with Crippen LogP contribution in [0.25, 0.3) is 0 Å². The van der Waals surface area contributed by atoms with Crippen LogP contribution in [0, 0.1) is 17.3 Å². The van der Waals surface area contributed by atoms with Crippen molar-refractivity contribution in [3.63, 3.8) is 0 Å². The highest BCUT2D eigenvalue weighted by atomic mass is 16.5. The van der Waals surface area contributed by atoms with Gasteiger partial charge in [-0.15, -0.1) is 0 Å². The molecule has 41 heavy (non-hydrogen) atoms. The Kier molecular flexibility index (Phi) is 18.6. The number of likely N-dealkylation sites (tertiary alicyclic amines) is 1. The van der Waals surface area contributed by atoms with Gasteiger partial charge in [0.15, 0.2) is 0 Å². The van der Waals surface area contributed by atoms with Crippen LogP contribution in [0.2, 0.25) is 0 Å². The van der Waals surface area contributed by atoms with E-state index >= 15 is 0 Å². The fraction of sp³-hybridized carbons (Fsp3) is 0.879. The van der Waals surface area contributed by atoms with Crippen molar-refractivity contribution in [3.8, 4) is 0 Å². The molecule has 1 fully saturated rings. The number of esters is 2. The predicted molar refractivity (Wildman–Crippen MR) is 161 cm³/mol. The molecule has 1 aliphatic heterocycles. The SMILES string of the molecule is CCCCCCCCCCCCOC(=O)C(CCC(CCC(C)C(=O)O)N1CCCC1=O)CC(C)(CC)C(=O)OC. The molecule has 4 unspecified atom stereocenters. The van der Waals surface area contributed by atoms with Gasteiger partial charge in [-0.3, -0.25) is 19.2 Å². The van der Waals surface area contributed by atoms with Crippen LogP contribution >= 0.6 is 0 Å². The topological polar surface area (TPSA) is 110 Å². The molecule has 238 valence electrons. The van der Waals surface area contributed by atoms with Gasteiger partial charge in [0.25, 0.3) is 0 Å². The van der Waals surface area contributed by atoms with Crippen LogP contribution in [-0.4, -0.2) is 60.1 Å². The average molecular weight is 582 g/mol. The summed E-state index contributed by atoms with van der Waals surface area (Å²) in [6.45, 7) is 8.70. The minimum absolute atomic E-state index is 0.0889. The number of hydrogen-bond donors (Lipinski definition) is 1. The van der Waals surface area contributed by atoms with Gasteiger partial charge in [-0.05, 0) is 58.3 Å². The Morgan fingerprint density at radius 1 is 0.927 bits per heavy atom. The molecule has 4 atom stereocenters. The third-order valence-corrected chi connectivity index (χ3v) is 8.98. The highest BCUT2D eigenvalue weighted by molar-refractivity contribution is 5.79. The molecule has 8 nitrogen and oxygen atoms in total. The molecule has 1 aliphatic rings. The Morgan fingerprint density at radius 3 is 2.02 bits per heavy atom. The van der Waals surface area contributed by atoms with Gasteiger partial charge in [-0.1, -0.05) is 78.6 Å². The minimum atomic E-state index is -0.846. The molecule has 0 aromatic rings. The summed E-state index contributed by atoms with van der Waals surface area (Å²) in [6.07, 6.45) is 16.3. The zero-order valence-electron chi connectivity index (χ0n) is 26.7. The van der Waals surface area contributed by atoms with Crippen molar-refractivity contribution in [2.24, 2.45) is 17.3 Å². The number of hydrogen-bond acceptors (Lipinski definition) is 6. The standard InChI is InChI=1S/C33H59NO7/c1-6-8-9-10-11-12-13-14-15-16-24-41-31(38)27(25-33(4,7-2)32(39)40-5)20-22-28(21-19-26(3)30(36)37)34-23-17-18-29(34)35/h26-28H,6-25H2,1-5H3,(H,36,37). The zero-order chi connectivity index (χ0) is 30.7. The van der Waals surface area contributed by atoms with Crippen LogP contribution in [0.5, 0.6) is 0 Å². The van der Waals surface area contributed by atoms with E-state index in [1.54, 1.807) is 6.92 Å². The number of methoxy groups -OCH3 is 1. The Balaban J connectivity index is 2.75. The Hall–Kier alpha value is -2.12. The van der Waals surface area contributed by atoms with Gasteiger partial charge >= 0.3 is 17.9 Å². The van der Waals surface area contributed by atoms with Crippen molar-refractivity contribution in [1.82, 2.24) is 4.90 Å². The van der Waals surface area contributed by atoms with Crippen LogP contribution in [0.3, 0.4) is 0 Å². The van der Waals surface area contributed by atoms with Crippen molar-refractivity contribution in [2.45, 2.75) is 149 Å².